The highest BCUT2D eigenvalue weighted by Gasteiger charge is 2.24. The molecule has 3 rings (SSSR count). The Morgan fingerprint density at radius 1 is 0.952 bits per heavy atom. The van der Waals surface area contributed by atoms with E-state index in [0.29, 0.717) is 21.1 Å². The molecule has 1 N–H and O–H groups in total. The molecule has 0 bridgehead atoms. The molecule has 0 saturated heterocycles. The van der Waals surface area contributed by atoms with Crippen LogP contribution < -0.4 is 0 Å². The van der Waals surface area contributed by atoms with Crippen molar-refractivity contribution in [1.82, 2.24) is 4.98 Å². The summed E-state index contributed by atoms with van der Waals surface area (Å²) in [6.07, 6.45) is 0. The van der Waals surface area contributed by atoms with Gasteiger partial charge in [0.05, 0.1) is 9.79 Å². The first-order valence-electron chi connectivity index (χ1n) is 6.18. The molecule has 0 radical (unpaired) electrons. The molecule has 0 amide bonds. The van der Waals surface area contributed by atoms with Crippen LogP contribution in [0.15, 0.2) is 52.3 Å². The van der Waals surface area contributed by atoms with Crippen LogP contribution in [-0.4, -0.2) is 13.4 Å². The van der Waals surface area contributed by atoms with Crippen molar-refractivity contribution in [1.29, 1.82) is 0 Å². The summed E-state index contributed by atoms with van der Waals surface area (Å²) in [6.45, 7) is 1.73. The number of rotatable bonds is 2. The van der Waals surface area contributed by atoms with E-state index in [-0.39, 0.29) is 9.79 Å². The molecule has 6 heteroatoms. The maximum Gasteiger partial charge on any atom is 0.208 e. The summed E-state index contributed by atoms with van der Waals surface area (Å²) < 4.78 is 25.7. The molecule has 0 aliphatic carbocycles. The largest absolute Gasteiger partial charge is 0.358 e. The van der Waals surface area contributed by atoms with Gasteiger partial charge in [0.25, 0.3) is 0 Å². The van der Waals surface area contributed by atoms with Gasteiger partial charge < -0.3 is 4.98 Å². The Bertz CT molecular complexity index is 928. The van der Waals surface area contributed by atoms with Crippen LogP contribution in [0.25, 0.3) is 10.9 Å². The molecule has 0 unspecified atom stereocenters. The van der Waals surface area contributed by atoms with Crippen LogP contribution in [0.4, 0.5) is 0 Å². The van der Waals surface area contributed by atoms with Crippen molar-refractivity contribution in [2.75, 3.05) is 0 Å². The highest BCUT2D eigenvalue weighted by Crippen LogP contribution is 2.33. The van der Waals surface area contributed by atoms with E-state index in [4.69, 9.17) is 23.2 Å². The zero-order valence-electron chi connectivity index (χ0n) is 11.0. The zero-order chi connectivity index (χ0) is 15.2. The smallest absolute Gasteiger partial charge is 0.208 e. The van der Waals surface area contributed by atoms with Gasteiger partial charge in [-0.2, -0.15) is 0 Å². The molecule has 108 valence electrons. The van der Waals surface area contributed by atoms with Crippen molar-refractivity contribution < 1.29 is 8.42 Å². The first kappa shape index (κ1) is 14.4. The topological polar surface area (TPSA) is 49.9 Å². The van der Waals surface area contributed by atoms with Gasteiger partial charge in [-0.15, -0.1) is 0 Å². The molecule has 1 aromatic heterocycles. The molecular weight excluding hydrogens is 329 g/mol. The second-order valence-corrected chi connectivity index (χ2v) is 7.49. The van der Waals surface area contributed by atoms with Crippen molar-refractivity contribution in [3.63, 3.8) is 0 Å². The minimum Gasteiger partial charge on any atom is -0.358 e. The second-order valence-electron chi connectivity index (χ2n) is 4.73. The summed E-state index contributed by atoms with van der Waals surface area (Å²) in [6, 6.07) is 11.3. The molecule has 0 spiro atoms. The van der Waals surface area contributed by atoms with Gasteiger partial charge in [0.2, 0.25) is 9.84 Å². The molecule has 3 nitrogen and oxygen atoms in total. The van der Waals surface area contributed by atoms with Crippen molar-refractivity contribution in [2.24, 2.45) is 0 Å². The van der Waals surface area contributed by atoms with Crippen LogP contribution in [0.3, 0.4) is 0 Å². The minimum absolute atomic E-state index is 0.205. The average Bonchev–Trinajstić information content (AvgIpc) is 2.75. The van der Waals surface area contributed by atoms with E-state index in [1.54, 1.807) is 37.3 Å². The van der Waals surface area contributed by atoms with E-state index < -0.39 is 9.84 Å². The molecular formula is C15H11Cl2NO2S. The van der Waals surface area contributed by atoms with Gasteiger partial charge in [-0.3, -0.25) is 0 Å². The molecule has 21 heavy (non-hydrogen) atoms. The Kier molecular flexibility index (Phi) is 3.48. The lowest BCUT2D eigenvalue weighted by atomic mass is 10.2. The van der Waals surface area contributed by atoms with E-state index in [1.165, 1.54) is 12.1 Å². The first-order valence-corrected chi connectivity index (χ1v) is 8.42. The van der Waals surface area contributed by atoms with Gasteiger partial charge in [-0.1, -0.05) is 23.2 Å². The van der Waals surface area contributed by atoms with E-state index >= 15 is 0 Å². The maximum absolute atomic E-state index is 12.8. The van der Waals surface area contributed by atoms with Crippen LogP contribution in [-0.2, 0) is 9.84 Å². The lowest BCUT2D eigenvalue weighted by Crippen LogP contribution is -2.02. The summed E-state index contributed by atoms with van der Waals surface area (Å²) in [5.74, 6) is 0. The monoisotopic (exact) mass is 339 g/mol. The highest BCUT2D eigenvalue weighted by atomic mass is 35.5. The van der Waals surface area contributed by atoms with Gasteiger partial charge in [0, 0.05) is 26.6 Å². The third kappa shape index (κ3) is 2.44. The Morgan fingerprint density at radius 2 is 1.57 bits per heavy atom. The van der Waals surface area contributed by atoms with Crippen LogP contribution in [0.1, 0.15) is 5.69 Å². The minimum atomic E-state index is -3.63. The number of aromatic nitrogens is 1. The fourth-order valence-electron chi connectivity index (χ4n) is 2.35. The number of sulfone groups is 1. The van der Waals surface area contributed by atoms with Crippen LogP contribution >= 0.6 is 23.2 Å². The Balaban J connectivity index is 2.30. The predicted octanol–water partition coefficient (Wildman–Crippen LogP) is 4.62. The summed E-state index contributed by atoms with van der Waals surface area (Å²) in [4.78, 5) is 3.53. The molecule has 3 aromatic rings. The standard InChI is InChI=1S/C15H11Cl2NO2S/c1-9-15(13-8-11(17)4-7-14(13)18-9)21(19,20)12-5-2-10(16)3-6-12/h2-8,18H,1H3. The molecule has 0 fully saturated rings. The third-order valence-electron chi connectivity index (χ3n) is 3.28. The summed E-state index contributed by atoms with van der Waals surface area (Å²) >= 11 is 11.8. The number of halogens is 2. The number of nitrogens with one attached hydrogen (secondary N) is 1. The van der Waals surface area contributed by atoms with Gasteiger partial charge in [-0.05, 0) is 49.4 Å². The molecule has 1 heterocycles. The predicted molar refractivity (Wildman–Crippen MR) is 84.9 cm³/mol. The number of hydrogen-bond donors (Lipinski definition) is 1. The summed E-state index contributed by atoms with van der Waals surface area (Å²) in [5.41, 5.74) is 1.33. The van der Waals surface area contributed by atoms with Gasteiger partial charge >= 0.3 is 0 Å². The summed E-state index contributed by atoms with van der Waals surface area (Å²) in [7, 11) is -3.63. The molecule has 0 saturated carbocycles. The molecule has 0 atom stereocenters. The second kappa shape index (κ2) is 5.05. The quantitative estimate of drug-likeness (QED) is 0.740. The Labute approximate surface area is 132 Å². The maximum atomic E-state index is 12.8. The number of H-pyrrole nitrogens is 1. The number of benzene rings is 2. The lowest BCUT2D eigenvalue weighted by molar-refractivity contribution is 0.596. The van der Waals surface area contributed by atoms with Crippen molar-refractivity contribution in [2.45, 2.75) is 16.7 Å². The first-order chi connectivity index (χ1) is 9.89. The van der Waals surface area contributed by atoms with Crippen molar-refractivity contribution >= 4 is 43.9 Å². The van der Waals surface area contributed by atoms with E-state index in [1.807, 2.05) is 0 Å². The highest BCUT2D eigenvalue weighted by molar-refractivity contribution is 7.91. The van der Waals surface area contributed by atoms with Crippen LogP contribution in [0.5, 0.6) is 0 Å². The van der Waals surface area contributed by atoms with Crippen molar-refractivity contribution in [3.8, 4) is 0 Å². The summed E-state index contributed by atoms with van der Waals surface area (Å²) in [5, 5.41) is 1.58. The van der Waals surface area contributed by atoms with Gasteiger partial charge in [0.1, 0.15) is 0 Å². The van der Waals surface area contributed by atoms with E-state index in [9.17, 15) is 8.42 Å². The normalized spacial score (nSPS) is 12.0. The van der Waals surface area contributed by atoms with Crippen LogP contribution in [0.2, 0.25) is 10.0 Å². The fraction of sp³-hybridized carbons (Fsp3) is 0.0667. The molecule has 2 aromatic carbocycles. The third-order valence-corrected chi connectivity index (χ3v) is 5.73. The van der Waals surface area contributed by atoms with Crippen molar-refractivity contribution in [3.05, 3.63) is 58.2 Å². The number of aryl methyl sites for hydroxylation is 1. The van der Waals surface area contributed by atoms with Crippen LogP contribution in [0, 0.1) is 6.92 Å². The lowest BCUT2D eigenvalue weighted by Gasteiger charge is -2.05. The van der Waals surface area contributed by atoms with Gasteiger partial charge in [0.15, 0.2) is 0 Å². The van der Waals surface area contributed by atoms with E-state index in [2.05, 4.69) is 4.98 Å². The number of hydrogen-bond acceptors (Lipinski definition) is 2. The zero-order valence-corrected chi connectivity index (χ0v) is 13.4. The molecule has 0 aliphatic heterocycles. The van der Waals surface area contributed by atoms with Gasteiger partial charge in [-0.25, -0.2) is 8.42 Å². The Hall–Kier alpha value is -1.49. The van der Waals surface area contributed by atoms with E-state index in [0.717, 1.165) is 5.52 Å². The number of fused-ring (bicyclic) bond motifs is 1. The SMILES string of the molecule is Cc1[nH]c2ccc(Cl)cc2c1S(=O)(=O)c1ccc(Cl)cc1. The average molecular weight is 340 g/mol. The molecule has 0 aliphatic rings. The number of aromatic amines is 1. The fourth-order valence-corrected chi connectivity index (χ4v) is 4.29. The Morgan fingerprint density at radius 3 is 2.24 bits per heavy atom.